The van der Waals surface area contributed by atoms with Crippen LogP contribution in [0, 0.1) is 20.2 Å². The van der Waals surface area contributed by atoms with Gasteiger partial charge in [-0.05, 0) is 36.4 Å². The summed E-state index contributed by atoms with van der Waals surface area (Å²) in [5.41, 5.74) is -4.65. The van der Waals surface area contributed by atoms with E-state index in [1.165, 1.54) is 0 Å². The monoisotopic (exact) mass is 712 g/mol. The second-order valence-corrected chi connectivity index (χ2v) is 9.43. The van der Waals surface area contributed by atoms with Gasteiger partial charge in [-0.25, -0.2) is 9.59 Å². The predicted molar refractivity (Wildman–Crippen MR) is 159 cm³/mol. The first-order valence-electron chi connectivity index (χ1n) is 13.2. The number of non-ortho nitro benzene ring substituents is 2. The fourth-order valence-corrected chi connectivity index (χ4v) is 4.13. The lowest BCUT2D eigenvalue weighted by Gasteiger charge is -2.35. The average molecular weight is 712 g/mol. The molecule has 0 saturated heterocycles. The number of hydrogen-bond acceptors (Lipinski definition) is 10. The fourth-order valence-electron chi connectivity index (χ4n) is 4.13. The highest BCUT2D eigenvalue weighted by atomic mass is 19.4. The SMILES string of the molecule is O=C(Nc1ccccc1OC(F)(F)F)N(c1ccc([N+](=O)[O-])cc1O)N(C(=O)Nc1ccccc1OC(F)(F)F)c1ccc([N+](=O)[O-])cc1O. The Balaban J connectivity index is 1.95. The summed E-state index contributed by atoms with van der Waals surface area (Å²) in [6.07, 6.45) is -10.6. The molecular formula is C28H18F6N6O10. The molecule has 0 saturated carbocycles. The number of carbonyl (C=O) groups is 2. The van der Waals surface area contributed by atoms with Gasteiger partial charge in [-0.15, -0.1) is 26.3 Å². The number of amides is 4. The van der Waals surface area contributed by atoms with Gasteiger partial charge in [0, 0.05) is 12.1 Å². The van der Waals surface area contributed by atoms with E-state index in [0.717, 1.165) is 48.5 Å². The highest BCUT2D eigenvalue weighted by Gasteiger charge is 2.37. The van der Waals surface area contributed by atoms with E-state index in [-0.39, 0.29) is 10.0 Å². The number of phenols is 2. The van der Waals surface area contributed by atoms with Gasteiger partial charge < -0.3 is 30.3 Å². The van der Waals surface area contributed by atoms with Gasteiger partial charge in [0.2, 0.25) is 0 Å². The van der Waals surface area contributed by atoms with Crippen LogP contribution in [-0.4, -0.2) is 44.8 Å². The Morgan fingerprint density at radius 1 is 0.620 bits per heavy atom. The van der Waals surface area contributed by atoms with Crippen molar-refractivity contribution in [1.29, 1.82) is 0 Å². The first-order valence-corrected chi connectivity index (χ1v) is 13.2. The Kier molecular flexibility index (Phi) is 10.0. The Hall–Kier alpha value is -7.00. The molecule has 16 nitrogen and oxygen atoms in total. The molecule has 0 fully saturated rings. The molecule has 0 radical (unpaired) electrons. The van der Waals surface area contributed by atoms with Gasteiger partial charge in [-0.1, -0.05) is 24.3 Å². The van der Waals surface area contributed by atoms with Crippen LogP contribution in [0.15, 0.2) is 84.9 Å². The van der Waals surface area contributed by atoms with Gasteiger partial charge in [-0.3, -0.25) is 20.2 Å². The molecule has 0 aliphatic carbocycles. The van der Waals surface area contributed by atoms with Crippen LogP contribution in [0.4, 0.5) is 70.1 Å². The summed E-state index contributed by atoms with van der Waals surface area (Å²) in [5.74, 6) is -4.24. The first-order chi connectivity index (χ1) is 23.3. The molecule has 262 valence electrons. The number of nitro benzene ring substituents is 2. The van der Waals surface area contributed by atoms with E-state index < -0.39 is 91.8 Å². The van der Waals surface area contributed by atoms with E-state index in [0.29, 0.717) is 36.4 Å². The number of halogens is 6. The minimum absolute atomic E-state index is 0.104. The molecular weight excluding hydrogens is 694 g/mol. The smallest absolute Gasteiger partial charge is 0.505 e. The largest absolute Gasteiger partial charge is 0.573 e. The predicted octanol–water partition coefficient (Wildman–Crippen LogP) is 7.40. The van der Waals surface area contributed by atoms with E-state index in [1.807, 2.05) is 10.6 Å². The van der Waals surface area contributed by atoms with Crippen LogP contribution in [0.3, 0.4) is 0 Å². The number of nitro groups is 2. The van der Waals surface area contributed by atoms with E-state index in [2.05, 4.69) is 9.47 Å². The van der Waals surface area contributed by atoms with Crippen molar-refractivity contribution in [3.63, 3.8) is 0 Å². The van der Waals surface area contributed by atoms with Gasteiger partial charge in [-0.2, -0.15) is 10.0 Å². The molecule has 22 heteroatoms. The summed E-state index contributed by atoms with van der Waals surface area (Å²) in [5, 5.41) is 48.5. The number of aromatic hydroxyl groups is 2. The lowest BCUT2D eigenvalue weighted by molar-refractivity contribution is -0.385. The summed E-state index contributed by atoms with van der Waals surface area (Å²) in [6.45, 7) is 0. The van der Waals surface area contributed by atoms with Gasteiger partial charge >= 0.3 is 24.8 Å². The lowest BCUT2D eigenvalue weighted by Crippen LogP contribution is -2.54. The quantitative estimate of drug-likeness (QED) is 0.0808. The number of hydrogen-bond donors (Lipinski definition) is 4. The third-order valence-electron chi connectivity index (χ3n) is 6.09. The summed E-state index contributed by atoms with van der Waals surface area (Å²) >= 11 is 0. The molecule has 0 unspecified atom stereocenters. The third kappa shape index (κ3) is 8.67. The molecule has 0 aliphatic rings. The van der Waals surface area contributed by atoms with Crippen molar-refractivity contribution in [2.24, 2.45) is 0 Å². The van der Waals surface area contributed by atoms with Crippen molar-refractivity contribution in [2.45, 2.75) is 12.7 Å². The van der Waals surface area contributed by atoms with E-state index in [4.69, 9.17) is 0 Å². The number of rotatable bonds is 8. The van der Waals surface area contributed by atoms with Gasteiger partial charge in [0.1, 0.15) is 22.9 Å². The molecule has 4 rings (SSSR count). The maximum Gasteiger partial charge on any atom is 0.573 e. The average Bonchev–Trinajstić information content (AvgIpc) is 3.00. The van der Waals surface area contributed by atoms with Crippen LogP contribution in [-0.2, 0) is 0 Å². The molecule has 0 aromatic heterocycles. The number of para-hydroxylation sites is 4. The lowest BCUT2D eigenvalue weighted by atomic mass is 10.2. The van der Waals surface area contributed by atoms with E-state index >= 15 is 0 Å². The Bertz CT molecular complexity index is 1820. The molecule has 0 bridgehead atoms. The number of anilines is 4. The third-order valence-corrected chi connectivity index (χ3v) is 6.09. The minimum Gasteiger partial charge on any atom is -0.505 e. The minimum atomic E-state index is -5.28. The molecule has 4 aromatic rings. The zero-order valence-electron chi connectivity index (χ0n) is 24.3. The summed E-state index contributed by atoms with van der Waals surface area (Å²) in [4.78, 5) is 48.6. The summed E-state index contributed by atoms with van der Waals surface area (Å²) in [7, 11) is 0. The number of phenolic OH excluding ortho intramolecular Hbond substituents is 2. The van der Waals surface area contributed by atoms with E-state index in [9.17, 15) is 66.4 Å². The van der Waals surface area contributed by atoms with E-state index in [1.54, 1.807) is 0 Å². The number of urea groups is 2. The molecule has 50 heavy (non-hydrogen) atoms. The highest BCUT2D eigenvalue weighted by Crippen LogP contribution is 2.40. The van der Waals surface area contributed by atoms with Crippen LogP contribution >= 0.6 is 0 Å². The van der Waals surface area contributed by atoms with Crippen LogP contribution in [0.1, 0.15) is 0 Å². The Morgan fingerprint density at radius 3 is 1.26 bits per heavy atom. The van der Waals surface area contributed by atoms with Crippen molar-refractivity contribution in [3.8, 4) is 23.0 Å². The normalized spacial score (nSPS) is 11.2. The molecule has 4 amide bonds. The van der Waals surface area contributed by atoms with Crippen molar-refractivity contribution < 1.29 is 65.5 Å². The molecule has 0 atom stereocenters. The van der Waals surface area contributed by atoms with Gasteiger partial charge in [0.15, 0.2) is 11.5 Å². The molecule has 0 spiro atoms. The second kappa shape index (κ2) is 14.0. The Labute approximate surface area is 273 Å². The van der Waals surface area contributed by atoms with Crippen LogP contribution in [0.25, 0.3) is 0 Å². The standard InChI is InChI=1S/C28H18F6N6O10/c29-27(30,31)49-23-7-3-1-5-17(23)35-25(43)37(19-11-9-15(39(45)46)13-21(19)41)38(20-12-10-16(40(47)48)14-22(20)42)26(44)36-18-6-2-4-8-24(18)50-28(32,33)34/h1-14,41-42H,(H,35,43)(H,36,44). The Morgan fingerprint density at radius 2 is 0.960 bits per heavy atom. The number of nitrogens with one attached hydrogen (secondary N) is 2. The van der Waals surface area contributed by atoms with Crippen LogP contribution in [0.5, 0.6) is 23.0 Å². The van der Waals surface area contributed by atoms with Crippen molar-refractivity contribution in [1.82, 2.24) is 0 Å². The zero-order chi connectivity index (χ0) is 37.0. The summed E-state index contributed by atoms with van der Waals surface area (Å²) < 4.78 is 86.5. The molecule has 0 aliphatic heterocycles. The summed E-state index contributed by atoms with van der Waals surface area (Å²) in [6, 6.07) is 8.32. The number of ether oxygens (including phenoxy) is 2. The maximum atomic E-state index is 14.0. The van der Waals surface area contributed by atoms with Crippen LogP contribution in [0.2, 0.25) is 0 Å². The molecule has 4 aromatic carbocycles. The van der Waals surface area contributed by atoms with Crippen molar-refractivity contribution in [3.05, 3.63) is 105 Å². The number of benzene rings is 4. The first kappa shape index (κ1) is 35.8. The second-order valence-electron chi connectivity index (χ2n) is 9.43. The topological polar surface area (TPSA) is 210 Å². The van der Waals surface area contributed by atoms with Gasteiger partial charge in [0.25, 0.3) is 11.4 Å². The van der Waals surface area contributed by atoms with Crippen LogP contribution < -0.4 is 30.1 Å². The number of hydrazine groups is 1. The molecule has 0 heterocycles. The number of alkyl halides is 6. The number of nitrogens with zero attached hydrogens (tertiary/aromatic N) is 4. The van der Waals surface area contributed by atoms with Crippen molar-refractivity contribution >= 4 is 46.2 Å². The number of carbonyl (C=O) groups excluding carboxylic acids is 2. The van der Waals surface area contributed by atoms with Gasteiger partial charge in [0.05, 0.1) is 33.4 Å². The fraction of sp³-hybridized carbons (Fsp3) is 0.0714. The highest BCUT2D eigenvalue weighted by molar-refractivity contribution is 6.14. The molecule has 4 N–H and O–H groups in total. The van der Waals surface area contributed by atoms with Crippen molar-refractivity contribution in [2.75, 3.05) is 20.7 Å². The maximum absolute atomic E-state index is 14.0. The zero-order valence-corrected chi connectivity index (χ0v) is 24.3.